The number of piperidine rings is 1. The number of benzene rings is 1. The first-order valence-electron chi connectivity index (χ1n) is 9.08. The van der Waals surface area contributed by atoms with E-state index in [2.05, 4.69) is 34.1 Å². The second kappa shape index (κ2) is 6.68. The van der Waals surface area contributed by atoms with Gasteiger partial charge in [-0.25, -0.2) is 9.37 Å². The molecule has 3 heterocycles. The van der Waals surface area contributed by atoms with Crippen LogP contribution in [-0.2, 0) is 6.54 Å². The Labute approximate surface area is 147 Å². The van der Waals surface area contributed by atoms with Crippen molar-refractivity contribution in [3.8, 4) is 0 Å². The van der Waals surface area contributed by atoms with Crippen LogP contribution in [0.5, 0.6) is 0 Å². The molecule has 0 amide bonds. The average Bonchev–Trinajstić information content (AvgIpc) is 2.83. The van der Waals surface area contributed by atoms with Crippen LogP contribution >= 0.6 is 0 Å². The van der Waals surface area contributed by atoms with Gasteiger partial charge in [0.2, 0.25) is 0 Å². The molecule has 0 saturated carbocycles. The maximum absolute atomic E-state index is 13.3. The Kier molecular flexibility index (Phi) is 4.38. The number of Topliss-reactive ketones (excluding diaryl/α,β-unsaturated/α-hetero) is 1. The van der Waals surface area contributed by atoms with Crippen molar-refractivity contribution >= 4 is 5.78 Å². The molecular weight excluding hydrogens is 315 g/mol. The van der Waals surface area contributed by atoms with Crippen molar-refractivity contribution in [2.75, 3.05) is 0 Å². The highest BCUT2D eigenvalue weighted by molar-refractivity contribution is 5.97. The summed E-state index contributed by atoms with van der Waals surface area (Å²) in [4.78, 5) is 19.6. The largest absolute Gasteiger partial charge is 0.293 e. The summed E-state index contributed by atoms with van der Waals surface area (Å²) >= 11 is 0. The average molecular weight is 338 g/mol. The van der Waals surface area contributed by atoms with Crippen LogP contribution in [0.1, 0.15) is 47.3 Å². The first kappa shape index (κ1) is 16.4. The number of halogens is 1. The fraction of sp³-hybridized carbons (Fsp3) is 0.429. The number of hydrogen-bond acceptors (Lipinski definition) is 3. The third-order valence-corrected chi connectivity index (χ3v) is 5.74. The zero-order valence-electron chi connectivity index (χ0n) is 14.5. The SMILES string of the molecule is Cc1cc(F)cnc1C(=O)C1CC2CCC(C1)N2Cc1ccccc1. The number of hydrogen-bond donors (Lipinski definition) is 0. The highest BCUT2D eigenvalue weighted by atomic mass is 19.1. The van der Waals surface area contributed by atoms with Crippen molar-refractivity contribution < 1.29 is 9.18 Å². The van der Waals surface area contributed by atoms with Crippen LogP contribution < -0.4 is 0 Å². The molecule has 4 rings (SSSR count). The topological polar surface area (TPSA) is 33.2 Å². The highest BCUT2D eigenvalue weighted by Crippen LogP contribution is 2.40. The summed E-state index contributed by atoms with van der Waals surface area (Å²) in [5.41, 5.74) is 2.42. The summed E-state index contributed by atoms with van der Waals surface area (Å²) in [5, 5.41) is 0. The maximum atomic E-state index is 13.3. The molecule has 2 aliphatic heterocycles. The minimum absolute atomic E-state index is 0.0150. The highest BCUT2D eigenvalue weighted by Gasteiger charge is 2.43. The summed E-state index contributed by atoms with van der Waals surface area (Å²) in [6.07, 6.45) is 5.26. The lowest BCUT2D eigenvalue weighted by Crippen LogP contribution is -2.44. The lowest BCUT2D eigenvalue weighted by molar-refractivity contribution is 0.0673. The normalized spacial score (nSPS) is 25.9. The van der Waals surface area contributed by atoms with Gasteiger partial charge in [-0.1, -0.05) is 30.3 Å². The summed E-state index contributed by atoms with van der Waals surface area (Å²) in [6.45, 7) is 2.73. The summed E-state index contributed by atoms with van der Waals surface area (Å²) in [6, 6.07) is 12.9. The number of aromatic nitrogens is 1. The molecule has 0 N–H and O–H groups in total. The molecule has 4 heteroatoms. The Bertz CT molecular complexity index is 763. The molecule has 130 valence electrons. The Morgan fingerprint density at radius 3 is 2.52 bits per heavy atom. The van der Waals surface area contributed by atoms with E-state index in [0.717, 1.165) is 38.4 Å². The molecule has 2 aromatic rings. The molecular formula is C21H23FN2O. The summed E-state index contributed by atoms with van der Waals surface area (Å²) in [7, 11) is 0. The van der Waals surface area contributed by atoms with Crippen molar-refractivity contribution in [2.45, 2.75) is 51.2 Å². The minimum atomic E-state index is -0.383. The Balaban J connectivity index is 1.48. The van der Waals surface area contributed by atoms with E-state index in [0.29, 0.717) is 23.3 Å². The van der Waals surface area contributed by atoms with Crippen molar-refractivity contribution in [1.82, 2.24) is 9.88 Å². The quantitative estimate of drug-likeness (QED) is 0.785. The Morgan fingerprint density at radius 2 is 1.88 bits per heavy atom. The molecule has 3 nitrogen and oxygen atoms in total. The van der Waals surface area contributed by atoms with Crippen LogP contribution in [0.4, 0.5) is 4.39 Å². The number of pyridine rings is 1. The number of carbonyl (C=O) groups is 1. The van der Waals surface area contributed by atoms with E-state index < -0.39 is 0 Å². The zero-order chi connectivity index (χ0) is 17.4. The lowest BCUT2D eigenvalue weighted by atomic mass is 9.85. The first-order chi connectivity index (χ1) is 12.1. The van der Waals surface area contributed by atoms with Crippen molar-refractivity contribution in [3.05, 3.63) is 65.2 Å². The number of rotatable bonds is 4. The fourth-order valence-corrected chi connectivity index (χ4v) is 4.53. The van der Waals surface area contributed by atoms with Gasteiger partial charge in [0, 0.05) is 24.5 Å². The number of ketones is 1. The van der Waals surface area contributed by atoms with Crippen molar-refractivity contribution in [3.63, 3.8) is 0 Å². The van der Waals surface area contributed by atoms with E-state index in [4.69, 9.17) is 0 Å². The molecule has 2 bridgehead atoms. The predicted octanol–water partition coefficient (Wildman–Crippen LogP) is 4.16. The zero-order valence-corrected chi connectivity index (χ0v) is 14.5. The van der Waals surface area contributed by atoms with Crippen LogP contribution in [0.2, 0.25) is 0 Å². The third kappa shape index (κ3) is 3.23. The van der Waals surface area contributed by atoms with E-state index in [-0.39, 0.29) is 17.5 Å². The summed E-state index contributed by atoms with van der Waals surface area (Å²) in [5.74, 6) is -0.276. The van der Waals surface area contributed by atoms with Gasteiger partial charge in [-0.05, 0) is 49.8 Å². The number of fused-ring (bicyclic) bond motifs is 2. The van der Waals surface area contributed by atoms with E-state index in [1.54, 1.807) is 6.92 Å². The molecule has 0 aliphatic carbocycles. The van der Waals surface area contributed by atoms with Gasteiger partial charge >= 0.3 is 0 Å². The maximum Gasteiger partial charge on any atom is 0.184 e. The molecule has 0 spiro atoms. The van der Waals surface area contributed by atoms with Crippen LogP contribution in [0.25, 0.3) is 0 Å². The van der Waals surface area contributed by atoms with Gasteiger partial charge in [-0.3, -0.25) is 9.69 Å². The lowest BCUT2D eigenvalue weighted by Gasteiger charge is -2.38. The molecule has 2 fully saturated rings. The Morgan fingerprint density at radius 1 is 1.20 bits per heavy atom. The molecule has 1 aromatic heterocycles. The van der Waals surface area contributed by atoms with Gasteiger partial charge in [0.25, 0.3) is 0 Å². The molecule has 25 heavy (non-hydrogen) atoms. The molecule has 1 aromatic carbocycles. The summed E-state index contributed by atoms with van der Waals surface area (Å²) < 4.78 is 13.3. The fourth-order valence-electron chi connectivity index (χ4n) is 4.53. The Hall–Kier alpha value is -2.07. The number of aryl methyl sites for hydroxylation is 1. The first-order valence-corrected chi connectivity index (χ1v) is 9.08. The number of nitrogens with zero attached hydrogens (tertiary/aromatic N) is 2. The van der Waals surface area contributed by atoms with Crippen molar-refractivity contribution in [2.24, 2.45) is 5.92 Å². The second-order valence-electron chi connectivity index (χ2n) is 7.39. The predicted molar refractivity (Wildman–Crippen MR) is 94.8 cm³/mol. The van der Waals surface area contributed by atoms with Gasteiger partial charge < -0.3 is 0 Å². The van der Waals surface area contributed by atoms with E-state index in [1.165, 1.54) is 11.6 Å². The van der Waals surface area contributed by atoms with E-state index >= 15 is 0 Å². The second-order valence-corrected chi connectivity index (χ2v) is 7.39. The van der Waals surface area contributed by atoms with Crippen LogP contribution in [0.15, 0.2) is 42.6 Å². The molecule has 2 atom stereocenters. The van der Waals surface area contributed by atoms with Gasteiger partial charge in [-0.15, -0.1) is 0 Å². The van der Waals surface area contributed by atoms with Crippen LogP contribution in [0, 0.1) is 18.7 Å². The molecule has 2 aliphatic rings. The van der Waals surface area contributed by atoms with Crippen molar-refractivity contribution in [1.29, 1.82) is 0 Å². The molecule has 2 unspecified atom stereocenters. The molecule has 2 saturated heterocycles. The van der Waals surface area contributed by atoms with E-state index in [1.807, 2.05) is 6.07 Å². The number of carbonyl (C=O) groups excluding carboxylic acids is 1. The van der Waals surface area contributed by atoms with E-state index in [9.17, 15) is 9.18 Å². The van der Waals surface area contributed by atoms with Gasteiger partial charge in [0.1, 0.15) is 11.5 Å². The van der Waals surface area contributed by atoms with Crippen LogP contribution in [-0.4, -0.2) is 27.8 Å². The minimum Gasteiger partial charge on any atom is -0.293 e. The smallest absolute Gasteiger partial charge is 0.184 e. The van der Waals surface area contributed by atoms with Gasteiger partial charge in [0.15, 0.2) is 5.78 Å². The van der Waals surface area contributed by atoms with Gasteiger partial charge in [-0.2, -0.15) is 0 Å². The van der Waals surface area contributed by atoms with Gasteiger partial charge in [0.05, 0.1) is 6.20 Å². The van der Waals surface area contributed by atoms with Crippen LogP contribution in [0.3, 0.4) is 0 Å². The monoisotopic (exact) mass is 338 g/mol. The third-order valence-electron chi connectivity index (χ3n) is 5.74. The standard InChI is InChI=1S/C21H23FN2O/c1-14-9-17(22)12-23-20(14)21(25)16-10-18-7-8-19(11-16)24(18)13-15-5-3-2-4-6-15/h2-6,9,12,16,18-19H,7-8,10-11,13H2,1H3. The molecule has 0 radical (unpaired) electrons.